The van der Waals surface area contributed by atoms with E-state index in [0.29, 0.717) is 23.4 Å². The van der Waals surface area contributed by atoms with Crippen LogP contribution in [0.15, 0.2) is 53.9 Å². The number of rotatable bonds is 4. The van der Waals surface area contributed by atoms with Crippen molar-refractivity contribution in [1.82, 2.24) is 0 Å². The van der Waals surface area contributed by atoms with Gasteiger partial charge in [0.15, 0.2) is 5.78 Å². The zero-order valence-electron chi connectivity index (χ0n) is 16.9. The van der Waals surface area contributed by atoms with Crippen molar-refractivity contribution < 1.29 is 28.6 Å². The molecule has 0 N–H and O–H groups in total. The lowest BCUT2D eigenvalue weighted by molar-refractivity contribution is -0.139. The molecule has 0 radical (unpaired) electrons. The predicted octanol–water partition coefficient (Wildman–Crippen LogP) is 3.31. The van der Waals surface area contributed by atoms with Crippen molar-refractivity contribution in [1.29, 1.82) is 0 Å². The van der Waals surface area contributed by atoms with Crippen molar-refractivity contribution in [3.05, 3.63) is 59.5 Å². The Labute approximate surface area is 169 Å². The van der Waals surface area contributed by atoms with Crippen LogP contribution in [-0.2, 0) is 19.1 Å². The van der Waals surface area contributed by atoms with E-state index in [1.165, 1.54) is 25.2 Å². The quantitative estimate of drug-likeness (QED) is 0.721. The zero-order valence-corrected chi connectivity index (χ0v) is 16.9. The molecule has 2 aliphatic heterocycles. The van der Waals surface area contributed by atoms with E-state index in [1.54, 1.807) is 36.6 Å². The third kappa shape index (κ3) is 3.81. The lowest BCUT2D eigenvalue weighted by atomic mass is 9.89. The summed E-state index contributed by atoms with van der Waals surface area (Å²) in [4.78, 5) is 39.0. The topological polar surface area (TPSA) is 82.1 Å². The van der Waals surface area contributed by atoms with Gasteiger partial charge < -0.3 is 19.1 Å². The highest BCUT2D eigenvalue weighted by Gasteiger charge is 2.36. The molecule has 1 atom stereocenters. The molecule has 152 valence electrons. The standard InChI is InChI=1S/C22H23NO6/c1-5-22(2)13-17(24)16-12-14(9-10-18(16)29-22)23-11-7-6-8-15(20(25)27-3)19(23)21(26)28-4/h6-12H,5,13H2,1-4H3. The van der Waals surface area contributed by atoms with Crippen molar-refractivity contribution >= 4 is 23.4 Å². The second-order valence-electron chi connectivity index (χ2n) is 7.00. The van der Waals surface area contributed by atoms with Gasteiger partial charge in [-0.15, -0.1) is 0 Å². The Morgan fingerprint density at radius 2 is 1.90 bits per heavy atom. The summed E-state index contributed by atoms with van der Waals surface area (Å²) in [5.74, 6) is -0.916. The van der Waals surface area contributed by atoms with Gasteiger partial charge in [0.25, 0.3) is 0 Å². The van der Waals surface area contributed by atoms with Crippen LogP contribution in [0.3, 0.4) is 0 Å². The highest BCUT2D eigenvalue weighted by Crippen LogP contribution is 2.38. The monoisotopic (exact) mass is 397 g/mol. The molecule has 0 amide bonds. The Bertz CT molecular complexity index is 958. The average molecular weight is 397 g/mol. The summed E-state index contributed by atoms with van der Waals surface area (Å²) in [6.45, 7) is 3.88. The Kier molecular flexibility index (Phi) is 5.59. The molecule has 0 bridgehead atoms. The number of Topliss-reactive ketones (excluding diaryl/α,β-unsaturated/α-hetero) is 1. The van der Waals surface area contributed by atoms with Crippen LogP contribution in [0.1, 0.15) is 37.0 Å². The first kappa shape index (κ1) is 20.4. The number of methoxy groups -OCH3 is 2. The van der Waals surface area contributed by atoms with Crippen LogP contribution in [0, 0.1) is 0 Å². The van der Waals surface area contributed by atoms with Gasteiger partial charge in [0.05, 0.1) is 31.8 Å². The fourth-order valence-electron chi connectivity index (χ4n) is 3.27. The fraction of sp³-hybridized carbons (Fsp3) is 0.318. The molecular weight excluding hydrogens is 374 g/mol. The summed E-state index contributed by atoms with van der Waals surface area (Å²) in [7, 11) is 2.47. The van der Waals surface area contributed by atoms with Gasteiger partial charge in [0.2, 0.25) is 0 Å². The van der Waals surface area contributed by atoms with Gasteiger partial charge in [-0.3, -0.25) is 4.79 Å². The number of carbonyl (C=O) groups excluding carboxylic acids is 3. The summed E-state index contributed by atoms with van der Waals surface area (Å²) < 4.78 is 15.7. The van der Waals surface area contributed by atoms with Crippen LogP contribution in [0.5, 0.6) is 5.75 Å². The molecule has 0 aromatic heterocycles. The first-order valence-corrected chi connectivity index (χ1v) is 9.25. The molecule has 1 unspecified atom stereocenters. The molecule has 2 heterocycles. The van der Waals surface area contributed by atoms with E-state index in [9.17, 15) is 14.4 Å². The number of fused-ring (bicyclic) bond motifs is 1. The third-order valence-corrected chi connectivity index (χ3v) is 5.07. The van der Waals surface area contributed by atoms with E-state index in [0.717, 1.165) is 0 Å². The minimum Gasteiger partial charge on any atom is -0.486 e. The number of hydrogen-bond donors (Lipinski definition) is 0. The van der Waals surface area contributed by atoms with Gasteiger partial charge in [-0.05, 0) is 43.7 Å². The Morgan fingerprint density at radius 3 is 2.55 bits per heavy atom. The van der Waals surface area contributed by atoms with E-state index in [1.807, 2.05) is 13.8 Å². The Balaban J connectivity index is 2.12. The Hall–Kier alpha value is -3.35. The van der Waals surface area contributed by atoms with Crippen LogP contribution < -0.4 is 9.64 Å². The molecule has 7 nitrogen and oxygen atoms in total. The van der Waals surface area contributed by atoms with Crippen LogP contribution in [-0.4, -0.2) is 37.5 Å². The number of hydrogen-bond acceptors (Lipinski definition) is 7. The van der Waals surface area contributed by atoms with E-state index in [4.69, 9.17) is 14.2 Å². The molecule has 0 spiro atoms. The van der Waals surface area contributed by atoms with Crippen LogP contribution in [0.4, 0.5) is 5.69 Å². The number of ether oxygens (including phenoxy) is 3. The highest BCUT2D eigenvalue weighted by molar-refractivity contribution is 6.06. The zero-order chi connectivity index (χ0) is 21.2. The maximum absolute atomic E-state index is 12.7. The first-order valence-electron chi connectivity index (χ1n) is 9.25. The summed E-state index contributed by atoms with van der Waals surface area (Å²) in [5, 5.41) is 0. The largest absolute Gasteiger partial charge is 0.486 e. The van der Waals surface area contributed by atoms with Gasteiger partial charge >= 0.3 is 11.9 Å². The predicted molar refractivity (Wildman–Crippen MR) is 107 cm³/mol. The molecule has 0 saturated heterocycles. The molecule has 7 heteroatoms. The van der Waals surface area contributed by atoms with Gasteiger partial charge in [-0.2, -0.15) is 0 Å². The fourth-order valence-corrected chi connectivity index (χ4v) is 3.27. The van der Waals surface area contributed by atoms with E-state index >= 15 is 0 Å². The van der Waals surface area contributed by atoms with Gasteiger partial charge in [0, 0.05) is 11.9 Å². The van der Waals surface area contributed by atoms with Crippen molar-refractivity contribution in [2.24, 2.45) is 0 Å². The van der Waals surface area contributed by atoms with Crippen LogP contribution in [0.25, 0.3) is 0 Å². The highest BCUT2D eigenvalue weighted by atomic mass is 16.5. The molecule has 2 aliphatic rings. The summed E-state index contributed by atoms with van der Waals surface area (Å²) >= 11 is 0. The number of anilines is 1. The van der Waals surface area contributed by atoms with Gasteiger partial charge in [0.1, 0.15) is 17.0 Å². The van der Waals surface area contributed by atoms with Gasteiger partial charge in [-0.1, -0.05) is 13.0 Å². The van der Waals surface area contributed by atoms with Crippen molar-refractivity contribution in [3.63, 3.8) is 0 Å². The van der Waals surface area contributed by atoms with Crippen LogP contribution >= 0.6 is 0 Å². The molecule has 1 aromatic rings. The number of benzene rings is 1. The Morgan fingerprint density at radius 1 is 1.17 bits per heavy atom. The number of ketones is 1. The van der Waals surface area contributed by atoms with Crippen molar-refractivity contribution in [3.8, 4) is 5.75 Å². The SMILES string of the molecule is CCC1(C)CC(=O)c2cc(N3C=CC=CC(C(=O)OC)=C3C(=O)OC)ccc2O1. The lowest BCUT2D eigenvalue weighted by Crippen LogP contribution is -2.38. The van der Waals surface area contributed by atoms with Crippen molar-refractivity contribution in [2.75, 3.05) is 19.1 Å². The summed E-state index contributed by atoms with van der Waals surface area (Å²) in [6.07, 6.45) is 7.36. The first-order chi connectivity index (χ1) is 13.8. The third-order valence-electron chi connectivity index (χ3n) is 5.07. The molecule has 0 aliphatic carbocycles. The second-order valence-corrected chi connectivity index (χ2v) is 7.00. The average Bonchev–Trinajstić information content (AvgIpc) is 2.95. The summed E-state index contributed by atoms with van der Waals surface area (Å²) in [6, 6.07) is 5.08. The van der Waals surface area contributed by atoms with Crippen LogP contribution in [0.2, 0.25) is 0 Å². The lowest BCUT2D eigenvalue weighted by Gasteiger charge is -2.34. The molecule has 0 saturated carbocycles. The molecule has 1 aromatic carbocycles. The minimum absolute atomic E-state index is 0.00752. The normalized spacial score (nSPS) is 20.7. The molecule has 3 rings (SSSR count). The maximum atomic E-state index is 12.7. The molecular formula is C22H23NO6. The molecule has 29 heavy (non-hydrogen) atoms. The molecule has 0 fully saturated rings. The summed E-state index contributed by atoms with van der Waals surface area (Å²) in [5.41, 5.74) is 0.452. The number of nitrogens with zero attached hydrogens (tertiary/aromatic N) is 1. The smallest absolute Gasteiger partial charge is 0.355 e. The van der Waals surface area contributed by atoms with E-state index in [-0.39, 0.29) is 23.5 Å². The number of carbonyl (C=O) groups is 3. The van der Waals surface area contributed by atoms with Crippen molar-refractivity contribution in [2.45, 2.75) is 32.3 Å². The van der Waals surface area contributed by atoms with E-state index < -0.39 is 17.5 Å². The number of esters is 2. The minimum atomic E-state index is -0.708. The maximum Gasteiger partial charge on any atom is 0.355 e. The number of allylic oxidation sites excluding steroid dienone is 2. The second kappa shape index (κ2) is 7.95. The van der Waals surface area contributed by atoms with E-state index in [2.05, 4.69) is 0 Å². The van der Waals surface area contributed by atoms with Gasteiger partial charge in [-0.25, -0.2) is 9.59 Å².